The number of halogens is 1. The molecule has 0 bridgehead atoms. The SMILES string of the molecule is CN(C)[C@H](COc1cncc(C=Cc2ccncc2)c1)Cc1c[nH]c2ccccc12.Cl. The van der Waals surface area contributed by atoms with Crippen molar-refractivity contribution >= 4 is 35.5 Å². The third kappa shape index (κ3) is 5.94. The van der Waals surface area contributed by atoms with Crippen LogP contribution in [0.5, 0.6) is 5.75 Å². The van der Waals surface area contributed by atoms with Crippen LogP contribution in [0.25, 0.3) is 23.1 Å². The first-order valence-corrected chi connectivity index (χ1v) is 10.1. The van der Waals surface area contributed by atoms with Gasteiger partial charge in [-0.15, -0.1) is 12.4 Å². The van der Waals surface area contributed by atoms with Gasteiger partial charge in [-0.05, 0) is 61.5 Å². The standard InChI is InChI=1S/C25H26N4O.ClH/c1-29(2)22(14-21-16-28-25-6-4-3-5-24(21)25)18-30-23-13-20(15-27-17-23)8-7-19-9-11-26-12-10-19;/h3-13,15-17,22,28H,14,18H2,1-2H3;1H/t22-;/m0./s1. The Hall–Kier alpha value is -3.15. The fourth-order valence-electron chi connectivity index (χ4n) is 3.41. The van der Waals surface area contributed by atoms with E-state index in [0.29, 0.717) is 6.61 Å². The number of ether oxygens (including phenoxy) is 1. The minimum atomic E-state index is 0. The van der Waals surface area contributed by atoms with Crippen molar-refractivity contribution in [2.24, 2.45) is 0 Å². The Morgan fingerprint density at radius 2 is 1.77 bits per heavy atom. The topological polar surface area (TPSA) is 54.0 Å². The van der Waals surface area contributed by atoms with Crippen LogP contribution in [0.1, 0.15) is 16.7 Å². The molecule has 5 nitrogen and oxygen atoms in total. The zero-order chi connectivity index (χ0) is 20.8. The van der Waals surface area contributed by atoms with Crippen molar-refractivity contribution < 1.29 is 4.74 Å². The second-order valence-corrected chi connectivity index (χ2v) is 7.56. The number of H-pyrrole nitrogens is 1. The van der Waals surface area contributed by atoms with Crippen LogP contribution in [0.3, 0.4) is 0 Å². The summed E-state index contributed by atoms with van der Waals surface area (Å²) in [7, 11) is 4.18. The molecule has 6 heteroatoms. The highest BCUT2D eigenvalue weighted by atomic mass is 35.5. The van der Waals surface area contributed by atoms with Crippen molar-refractivity contribution in [1.29, 1.82) is 0 Å². The van der Waals surface area contributed by atoms with Gasteiger partial charge in [-0.1, -0.05) is 30.4 Å². The smallest absolute Gasteiger partial charge is 0.138 e. The Morgan fingerprint density at radius 1 is 1.00 bits per heavy atom. The molecule has 0 saturated heterocycles. The Morgan fingerprint density at radius 3 is 2.58 bits per heavy atom. The Bertz CT molecular complexity index is 1120. The van der Waals surface area contributed by atoms with E-state index in [-0.39, 0.29) is 18.4 Å². The lowest BCUT2D eigenvalue weighted by Crippen LogP contribution is -2.35. The second-order valence-electron chi connectivity index (χ2n) is 7.56. The summed E-state index contributed by atoms with van der Waals surface area (Å²) in [5.41, 5.74) is 4.58. The average molecular weight is 435 g/mol. The number of aromatic nitrogens is 3. The summed E-state index contributed by atoms with van der Waals surface area (Å²) >= 11 is 0. The van der Waals surface area contributed by atoms with Crippen LogP contribution in [-0.2, 0) is 6.42 Å². The number of nitrogens with zero attached hydrogens (tertiary/aromatic N) is 3. The Kier molecular flexibility index (Phi) is 7.82. The fraction of sp³-hybridized carbons (Fsp3) is 0.200. The number of aromatic amines is 1. The van der Waals surface area contributed by atoms with Crippen molar-refractivity contribution in [3.05, 3.63) is 90.1 Å². The van der Waals surface area contributed by atoms with E-state index in [1.54, 1.807) is 18.6 Å². The molecule has 31 heavy (non-hydrogen) atoms. The van der Waals surface area contributed by atoms with E-state index in [4.69, 9.17) is 4.74 Å². The molecule has 1 atom stereocenters. The summed E-state index contributed by atoms with van der Waals surface area (Å²) in [5.74, 6) is 0.776. The van der Waals surface area contributed by atoms with Gasteiger partial charge >= 0.3 is 0 Å². The van der Waals surface area contributed by atoms with Crippen LogP contribution >= 0.6 is 12.4 Å². The van der Waals surface area contributed by atoms with Gasteiger partial charge in [0.1, 0.15) is 12.4 Å². The first-order chi connectivity index (χ1) is 14.7. The van der Waals surface area contributed by atoms with Crippen molar-refractivity contribution in [2.75, 3.05) is 20.7 Å². The molecular formula is C25H27ClN4O. The molecule has 160 valence electrons. The molecule has 0 amide bonds. The van der Waals surface area contributed by atoms with Crippen LogP contribution in [-0.4, -0.2) is 46.6 Å². The Labute approximate surface area is 189 Å². The number of pyridine rings is 2. The second kappa shape index (κ2) is 10.8. The van der Waals surface area contributed by atoms with Gasteiger partial charge in [-0.2, -0.15) is 0 Å². The molecule has 0 saturated carbocycles. The van der Waals surface area contributed by atoms with Gasteiger partial charge < -0.3 is 14.6 Å². The van der Waals surface area contributed by atoms with Gasteiger partial charge in [-0.25, -0.2) is 0 Å². The summed E-state index contributed by atoms with van der Waals surface area (Å²) in [6.45, 7) is 0.589. The molecule has 1 N–H and O–H groups in total. The van der Waals surface area contributed by atoms with Crippen LogP contribution < -0.4 is 4.74 Å². The predicted octanol–water partition coefficient (Wildman–Crippen LogP) is 5.10. The molecular weight excluding hydrogens is 408 g/mol. The normalized spacial score (nSPS) is 12.2. The van der Waals surface area contributed by atoms with E-state index in [9.17, 15) is 0 Å². The first kappa shape index (κ1) is 22.5. The van der Waals surface area contributed by atoms with Gasteiger partial charge in [0.15, 0.2) is 0 Å². The van der Waals surface area contributed by atoms with E-state index in [0.717, 1.165) is 23.3 Å². The fourth-order valence-corrected chi connectivity index (χ4v) is 3.41. The lowest BCUT2D eigenvalue weighted by Gasteiger charge is -2.24. The highest BCUT2D eigenvalue weighted by Gasteiger charge is 2.16. The number of hydrogen-bond donors (Lipinski definition) is 1. The van der Waals surface area contributed by atoms with Crippen molar-refractivity contribution in [2.45, 2.75) is 12.5 Å². The Balaban J connectivity index is 0.00000272. The lowest BCUT2D eigenvalue weighted by molar-refractivity contribution is 0.184. The molecule has 4 aromatic rings. The van der Waals surface area contributed by atoms with E-state index < -0.39 is 0 Å². The summed E-state index contributed by atoms with van der Waals surface area (Å²) < 4.78 is 6.12. The monoisotopic (exact) mass is 434 g/mol. The number of nitrogens with one attached hydrogen (secondary N) is 1. The minimum absolute atomic E-state index is 0. The number of benzene rings is 1. The largest absolute Gasteiger partial charge is 0.490 e. The maximum Gasteiger partial charge on any atom is 0.138 e. The van der Waals surface area contributed by atoms with E-state index in [2.05, 4.69) is 64.4 Å². The molecule has 0 unspecified atom stereocenters. The molecule has 0 spiro atoms. The predicted molar refractivity (Wildman–Crippen MR) is 130 cm³/mol. The van der Waals surface area contributed by atoms with Gasteiger partial charge in [0.05, 0.1) is 6.20 Å². The molecule has 0 radical (unpaired) electrons. The molecule has 3 aromatic heterocycles. The highest BCUT2D eigenvalue weighted by Crippen LogP contribution is 2.21. The summed E-state index contributed by atoms with van der Waals surface area (Å²) in [6.07, 6.45) is 14.3. The summed E-state index contributed by atoms with van der Waals surface area (Å²) in [4.78, 5) is 13.9. The van der Waals surface area contributed by atoms with Gasteiger partial charge in [0.25, 0.3) is 0 Å². The maximum absolute atomic E-state index is 6.12. The van der Waals surface area contributed by atoms with Gasteiger partial charge in [0.2, 0.25) is 0 Å². The molecule has 1 aromatic carbocycles. The summed E-state index contributed by atoms with van der Waals surface area (Å²) in [6, 6.07) is 14.6. The van der Waals surface area contributed by atoms with E-state index in [1.165, 1.54) is 16.5 Å². The molecule has 3 heterocycles. The molecule has 4 rings (SSSR count). The van der Waals surface area contributed by atoms with E-state index >= 15 is 0 Å². The third-order valence-electron chi connectivity index (χ3n) is 5.21. The number of fused-ring (bicyclic) bond motifs is 1. The third-order valence-corrected chi connectivity index (χ3v) is 5.21. The molecule has 0 aliphatic carbocycles. The van der Waals surface area contributed by atoms with Crippen molar-refractivity contribution in [3.63, 3.8) is 0 Å². The number of para-hydroxylation sites is 1. The zero-order valence-electron chi connectivity index (χ0n) is 17.7. The lowest BCUT2D eigenvalue weighted by atomic mass is 10.0. The number of rotatable bonds is 8. The average Bonchev–Trinajstić information content (AvgIpc) is 3.19. The number of hydrogen-bond acceptors (Lipinski definition) is 4. The van der Waals surface area contributed by atoms with Crippen molar-refractivity contribution in [3.8, 4) is 5.75 Å². The number of likely N-dealkylation sites (N-methyl/N-ethyl adjacent to an activating group) is 1. The van der Waals surface area contributed by atoms with Gasteiger partial charge in [-0.3, -0.25) is 9.97 Å². The zero-order valence-corrected chi connectivity index (χ0v) is 18.5. The van der Waals surface area contributed by atoms with Crippen LogP contribution in [0.4, 0.5) is 0 Å². The molecule has 0 aliphatic heterocycles. The minimum Gasteiger partial charge on any atom is -0.490 e. The summed E-state index contributed by atoms with van der Waals surface area (Å²) in [5, 5.41) is 1.27. The maximum atomic E-state index is 6.12. The first-order valence-electron chi connectivity index (χ1n) is 10.1. The molecule has 0 aliphatic rings. The van der Waals surface area contributed by atoms with Crippen LogP contribution in [0, 0.1) is 0 Å². The van der Waals surface area contributed by atoms with Crippen molar-refractivity contribution in [1.82, 2.24) is 19.9 Å². The molecule has 0 fully saturated rings. The van der Waals surface area contributed by atoms with Gasteiger partial charge in [0, 0.05) is 41.7 Å². The quantitative estimate of drug-likeness (QED) is 0.419. The van der Waals surface area contributed by atoms with E-state index in [1.807, 2.05) is 36.5 Å². The highest BCUT2D eigenvalue weighted by molar-refractivity contribution is 5.85. The van der Waals surface area contributed by atoms with Crippen LogP contribution in [0.15, 0.2) is 73.4 Å². The van der Waals surface area contributed by atoms with Crippen LogP contribution in [0.2, 0.25) is 0 Å².